The van der Waals surface area contributed by atoms with E-state index in [2.05, 4.69) is 26.1 Å². The first-order valence-corrected chi connectivity index (χ1v) is 6.18. The highest BCUT2D eigenvalue weighted by molar-refractivity contribution is 9.10. The molecule has 1 atom stereocenters. The fourth-order valence-corrected chi connectivity index (χ4v) is 2.31. The summed E-state index contributed by atoms with van der Waals surface area (Å²) in [7, 11) is 2.04. The van der Waals surface area contributed by atoms with Gasteiger partial charge in [-0.15, -0.1) is 0 Å². The molecule has 1 heterocycles. The maximum atomic E-state index is 12.2. The zero-order valence-corrected chi connectivity index (χ0v) is 10.8. The minimum atomic E-state index is -0.0759. The predicted octanol–water partition coefficient (Wildman–Crippen LogP) is 1.54. The highest BCUT2D eigenvalue weighted by atomic mass is 79.9. The summed E-state index contributed by atoms with van der Waals surface area (Å²) in [5.41, 5.74) is 0.766. The lowest BCUT2D eigenvalue weighted by molar-refractivity contribution is 0.0894. The quantitative estimate of drug-likeness (QED) is 0.836. The fraction of sp³-hybridized carbons (Fsp3) is 0.417. The van der Waals surface area contributed by atoms with E-state index in [1.54, 1.807) is 0 Å². The third kappa shape index (κ3) is 2.70. The minimum absolute atomic E-state index is 0.0759. The van der Waals surface area contributed by atoms with Crippen LogP contribution in [0.5, 0.6) is 0 Å². The third-order valence-corrected chi connectivity index (χ3v) is 3.30. The van der Waals surface area contributed by atoms with E-state index in [0.717, 1.165) is 29.7 Å². The van der Waals surface area contributed by atoms with Crippen molar-refractivity contribution >= 4 is 21.7 Å². The van der Waals surface area contributed by atoms with Crippen LogP contribution in [0.2, 0.25) is 0 Å². The SMILES string of the molecule is CN1CCNC(C(=O)c2cccc(Br)c2)C1. The van der Waals surface area contributed by atoms with Gasteiger partial charge < -0.3 is 10.2 Å². The number of ketones is 1. The molecule has 16 heavy (non-hydrogen) atoms. The molecule has 1 saturated heterocycles. The van der Waals surface area contributed by atoms with Gasteiger partial charge in [-0.1, -0.05) is 28.1 Å². The number of nitrogens with one attached hydrogen (secondary N) is 1. The van der Waals surface area contributed by atoms with Crippen molar-refractivity contribution in [2.75, 3.05) is 26.7 Å². The summed E-state index contributed by atoms with van der Waals surface area (Å²) in [5, 5.41) is 3.26. The van der Waals surface area contributed by atoms with Crippen LogP contribution in [0.1, 0.15) is 10.4 Å². The summed E-state index contributed by atoms with van der Waals surface area (Å²) in [4.78, 5) is 14.4. The molecule has 1 unspecified atom stereocenters. The summed E-state index contributed by atoms with van der Waals surface area (Å²) in [6.07, 6.45) is 0. The Hall–Kier alpha value is -0.710. The van der Waals surface area contributed by atoms with Crippen LogP contribution in [0.15, 0.2) is 28.7 Å². The topological polar surface area (TPSA) is 32.3 Å². The average Bonchev–Trinajstić information content (AvgIpc) is 2.28. The number of Topliss-reactive ketones (excluding diaryl/α,β-unsaturated/α-hetero) is 1. The first kappa shape index (κ1) is 11.8. The van der Waals surface area contributed by atoms with Crippen LogP contribution in [0, 0.1) is 0 Å². The second-order valence-electron chi connectivity index (χ2n) is 4.14. The predicted molar refractivity (Wildman–Crippen MR) is 67.8 cm³/mol. The van der Waals surface area contributed by atoms with E-state index in [-0.39, 0.29) is 11.8 Å². The number of halogens is 1. The molecule has 1 fully saturated rings. The molecule has 0 radical (unpaired) electrons. The number of piperazine rings is 1. The van der Waals surface area contributed by atoms with Gasteiger partial charge in [0.05, 0.1) is 6.04 Å². The van der Waals surface area contributed by atoms with Crippen molar-refractivity contribution in [2.45, 2.75) is 6.04 Å². The van der Waals surface area contributed by atoms with Crippen LogP contribution in [-0.2, 0) is 0 Å². The Kier molecular flexibility index (Phi) is 3.74. The molecule has 0 amide bonds. The molecule has 0 bridgehead atoms. The zero-order valence-electron chi connectivity index (χ0n) is 9.24. The van der Waals surface area contributed by atoms with Crippen molar-refractivity contribution in [2.24, 2.45) is 0 Å². The smallest absolute Gasteiger partial charge is 0.181 e. The molecule has 2 rings (SSSR count). The first-order chi connectivity index (χ1) is 7.66. The summed E-state index contributed by atoms with van der Waals surface area (Å²) >= 11 is 3.38. The molecule has 1 aromatic carbocycles. The first-order valence-electron chi connectivity index (χ1n) is 5.38. The van der Waals surface area contributed by atoms with E-state index in [4.69, 9.17) is 0 Å². The van der Waals surface area contributed by atoms with Gasteiger partial charge in [0.1, 0.15) is 0 Å². The molecular weight excluding hydrogens is 268 g/mol. The Morgan fingerprint density at radius 2 is 2.38 bits per heavy atom. The lowest BCUT2D eigenvalue weighted by Crippen LogP contribution is -2.52. The van der Waals surface area contributed by atoms with Crippen molar-refractivity contribution in [3.63, 3.8) is 0 Å². The van der Waals surface area contributed by atoms with Crippen LogP contribution in [0.4, 0.5) is 0 Å². The normalized spacial score (nSPS) is 22.0. The largest absolute Gasteiger partial charge is 0.305 e. The van der Waals surface area contributed by atoms with E-state index in [0.29, 0.717) is 0 Å². The van der Waals surface area contributed by atoms with E-state index < -0.39 is 0 Å². The third-order valence-electron chi connectivity index (χ3n) is 2.80. The van der Waals surface area contributed by atoms with Gasteiger partial charge >= 0.3 is 0 Å². The maximum Gasteiger partial charge on any atom is 0.181 e. The van der Waals surface area contributed by atoms with Crippen molar-refractivity contribution in [3.05, 3.63) is 34.3 Å². The van der Waals surface area contributed by atoms with Crippen LogP contribution in [-0.4, -0.2) is 43.4 Å². The number of hydrogen-bond acceptors (Lipinski definition) is 3. The van der Waals surface area contributed by atoms with E-state index in [9.17, 15) is 4.79 Å². The summed E-state index contributed by atoms with van der Waals surface area (Å²) < 4.78 is 0.947. The second-order valence-corrected chi connectivity index (χ2v) is 5.06. The number of carbonyl (C=O) groups excluding carboxylic acids is 1. The standard InChI is InChI=1S/C12H15BrN2O/c1-15-6-5-14-11(8-15)12(16)9-3-2-4-10(13)7-9/h2-4,7,11,14H,5-6,8H2,1H3. The van der Waals surface area contributed by atoms with Gasteiger partial charge in [-0.2, -0.15) is 0 Å². The van der Waals surface area contributed by atoms with Gasteiger partial charge in [0.25, 0.3) is 0 Å². The summed E-state index contributed by atoms with van der Waals surface area (Å²) in [5.74, 6) is 0.174. The summed E-state index contributed by atoms with van der Waals surface area (Å²) in [6, 6.07) is 7.48. The Morgan fingerprint density at radius 3 is 3.06 bits per heavy atom. The van der Waals surface area contributed by atoms with Crippen molar-refractivity contribution in [1.29, 1.82) is 0 Å². The minimum Gasteiger partial charge on any atom is -0.305 e. The second kappa shape index (κ2) is 5.08. The molecule has 0 saturated carbocycles. The number of nitrogens with zero attached hydrogens (tertiary/aromatic N) is 1. The fourth-order valence-electron chi connectivity index (χ4n) is 1.92. The van der Waals surface area contributed by atoms with Crippen LogP contribution < -0.4 is 5.32 Å². The molecule has 0 spiro atoms. The van der Waals surface area contributed by atoms with E-state index in [1.807, 2.05) is 31.3 Å². The van der Waals surface area contributed by atoms with Crippen LogP contribution in [0.25, 0.3) is 0 Å². The molecule has 86 valence electrons. The summed E-state index contributed by atoms with van der Waals surface area (Å²) in [6.45, 7) is 2.66. The molecular formula is C12H15BrN2O. The van der Waals surface area contributed by atoms with Crippen LogP contribution in [0.3, 0.4) is 0 Å². The Morgan fingerprint density at radius 1 is 1.56 bits per heavy atom. The van der Waals surface area contributed by atoms with E-state index in [1.165, 1.54) is 0 Å². The van der Waals surface area contributed by atoms with Crippen molar-refractivity contribution < 1.29 is 4.79 Å². The number of carbonyl (C=O) groups is 1. The Balaban J connectivity index is 2.12. The highest BCUT2D eigenvalue weighted by Gasteiger charge is 2.24. The van der Waals surface area contributed by atoms with Gasteiger partial charge in [0.15, 0.2) is 5.78 Å². The lowest BCUT2D eigenvalue weighted by Gasteiger charge is -2.29. The number of likely N-dealkylation sites (N-methyl/N-ethyl adjacent to an activating group) is 1. The maximum absolute atomic E-state index is 12.2. The van der Waals surface area contributed by atoms with Crippen molar-refractivity contribution in [3.8, 4) is 0 Å². The molecule has 1 N–H and O–H groups in total. The molecule has 1 aliphatic rings. The lowest BCUT2D eigenvalue weighted by atomic mass is 10.0. The van der Waals surface area contributed by atoms with Gasteiger partial charge in [-0.3, -0.25) is 4.79 Å². The van der Waals surface area contributed by atoms with Gasteiger partial charge in [-0.05, 0) is 19.2 Å². The van der Waals surface area contributed by atoms with Gasteiger partial charge in [0.2, 0.25) is 0 Å². The molecule has 1 aliphatic heterocycles. The molecule has 1 aromatic rings. The Bertz CT molecular complexity index is 394. The molecule has 0 aliphatic carbocycles. The molecule has 3 nitrogen and oxygen atoms in total. The number of rotatable bonds is 2. The number of hydrogen-bond donors (Lipinski definition) is 1. The van der Waals surface area contributed by atoms with Crippen molar-refractivity contribution in [1.82, 2.24) is 10.2 Å². The highest BCUT2D eigenvalue weighted by Crippen LogP contribution is 2.14. The molecule has 4 heteroatoms. The van der Waals surface area contributed by atoms with Crippen LogP contribution >= 0.6 is 15.9 Å². The monoisotopic (exact) mass is 282 g/mol. The van der Waals surface area contributed by atoms with Gasteiger partial charge in [0, 0.05) is 29.7 Å². The number of benzene rings is 1. The van der Waals surface area contributed by atoms with Gasteiger partial charge in [-0.25, -0.2) is 0 Å². The Labute approximate surface area is 104 Å². The molecule has 0 aromatic heterocycles. The zero-order chi connectivity index (χ0) is 11.5. The average molecular weight is 283 g/mol. The van der Waals surface area contributed by atoms with E-state index >= 15 is 0 Å².